The van der Waals surface area contributed by atoms with Crippen LogP contribution in [0.3, 0.4) is 0 Å². The third kappa shape index (κ3) is 5.26. The maximum Gasteiger partial charge on any atom is 0.309 e. The Morgan fingerprint density at radius 1 is 1.34 bits per heavy atom. The number of esters is 1. The van der Waals surface area contributed by atoms with Gasteiger partial charge in [0.1, 0.15) is 11.4 Å². The number of hydrogen-bond donors (Lipinski definition) is 0. The molecular formula is C20H26N6O3. The van der Waals surface area contributed by atoms with Crippen LogP contribution in [0, 0.1) is 5.92 Å². The van der Waals surface area contributed by atoms with Crippen molar-refractivity contribution < 1.29 is 14.3 Å². The van der Waals surface area contributed by atoms with E-state index in [1.165, 1.54) is 0 Å². The molecule has 0 saturated heterocycles. The summed E-state index contributed by atoms with van der Waals surface area (Å²) in [5.41, 5.74) is 10.9. The van der Waals surface area contributed by atoms with Gasteiger partial charge in [-0.2, -0.15) is 0 Å². The van der Waals surface area contributed by atoms with Crippen LogP contribution in [0.2, 0.25) is 0 Å². The number of nitrogens with zero attached hydrogens (tertiary/aromatic N) is 6. The number of benzene rings is 1. The summed E-state index contributed by atoms with van der Waals surface area (Å²) in [6.07, 6.45) is 3.30. The molecule has 0 radical (unpaired) electrons. The lowest BCUT2D eigenvalue weighted by Gasteiger charge is -2.29. The number of hydrogen-bond acceptors (Lipinski definition) is 6. The highest BCUT2D eigenvalue weighted by Crippen LogP contribution is 2.30. The van der Waals surface area contributed by atoms with Gasteiger partial charge < -0.3 is 9.47 Å². The van der Waals surface area contributed by atoms with Gasteiger partial charge in [0.25, 0.3) is 0 Å². The van der Waals surface area contributed by atoms with Gasteiger partial charge in [-0.25, -0.2) is 0 Å². The van der Waals surface area contributed by atoms with Crippen LogP contribution < -0.4 is 4.74 Å². The van der Waals surface area contributed by atoms with E-state index in [4.69, 9.17) is 15.0 Å². The maximum absolute atomic E-state index is 12.2. The molecule has 154 valence electrons. The van der Waals surface area contributed by atoms with E-state index >= 15 is 0 Å². The first kappa shape index (κ1) is 20.7. The van der Waals surface area contributed by atoms with Crippen LogP contribution in [0.1, 0.15) is 45.2 Å². The van der Waals surface area contributed by atoms with Gasteiger partial charge in [0.2, 0.25) is 0 Å². The minimum atomic E-state index is -0.126. The fourth-order valence-corrected chi connectivity index (χ4v) is 3.56. The smallest absolute Gasteiger partial charge is 0.309 e. The van der Waals surface area contributed by atoms with Crippen molar-refractivity contribution in [3.05, 3.63) is 40.4 Å². The van der Waals surface area contributed by atoms with Crippen LogP contribution in [-0.4, -0.2) is 33.2 Å². The third-order valence-electron chi connectivity index (χ3n) is 4.97. The molecule has 29 heavy (non-hydrogen) atoms. The van der Waals surface area contributed by atoms with E-state index in [1.807, 2.05) is 38.1 Å². The molecule has 2 unspecified atom stereocenters. The Bertz CT molecular complexity index is 886. The average Bonchev–Trinajstić information content (AvgIpc) is 3.07. The molecule has 1 aliphatic rings. The molecule has 9 nitrogen and oxygen atoms in total. The summed E-state index contributed by atoms with van der Waals surface area (Å²) in [5, 5.41) is 11.8. The van der Waals surface area contributed by atoms with Gasteiger partial charge in [-0.15, -0.1) is 5.10 Å². The predicted molar refractivity (Wildman–Crippen MR) is 107 cm³/mol. The lowest BCUT2D eigenvalue weighted by Crippen LogP contribution is -2.31. The Labute approximate surface area is 169 Å². The van der Waals surface area contributed by atoms with E-state index in [2.05, 4.69) is 20.3 Å². The lowest BCUT2D eigenvalue weighted by molar-refractivity contribution is -0.154. The van der Waals surface area contributed by atoms with Gasteiger partial charge in [0.05, 0.1) is 30.4 Å². The fourth-order valence-electron chi connectivity index (χ4n) is 3.56. The number of carbonyl (C=O) groups is 1. The summed E-state index contributed by atoms with van der Waals surface area (Å²) < 4.78 is 13.1. The van der Waals surface area contributed by atoms with Crippen molar-refractivity contribution in [2.75, 3.05) is 0 Å². The molecule has 1 fully saturated rings. The molecule has 1 aliphatic carbocycles. The molecule has 2 aromatic rings. The third-order valence-corrected chi connectivity index (χ3v) is 4.97. The summed E-state index contributed by atoms with van der Waals surface area (Å²) in [6.45, 7) is 3.92. The molecule has 0 N–H and O–H groups in total. The van der Waals surface area contributed by atoms with Gasteiger partial charge in [-0.3, -0.25) is 9.48 Å². The highest BCUT2D eigenvalue weighted by atomic mass is 16.5. The summed E-state index contributed by atoms with van der Waals surface area (Å²) in [6, 6.07) is 7.59. The number of carbonyl (C=O) groups excluding carboxylic acids is 1. The Morgan fingerprint density at radius 3 is 2.79 bits per heavy atom. The fraction of sp³-hybridized carbons (Fsp3) is 0.550. The molecule has 0 amide bonds. The second kappa shape index (κ2) is 9.43. The Morgan fingerprint density at radius 2 is 2.10 bits per heavy atom. The molecule has 1 heterocycles. The van der Waals surface area contributed by atoms with Crippen LogP contribution in [0.25, 0.3) is 21.7 Å². The molecule has 1 aromatic carbocycles. The van der Waals surface area contributed by atoms with Crippen LogP contribution in [0.15, 0.2) is 29.4 Å². The predicted octanol–water partition coefficient (Wildman–Crippen LogP) is 4.18. The Hall–Kier alpha value is -3.06. The van der Waals surface area contributed by atoms with Gasteiger partial charge in [0, 0.05) is 17.5 Å². The lowest BCUT2D eigenvalue weighted by atomic mass is 9.87. The van der Waals surface area contributed by atoms with E-state index in [9.17, 15) is 4.79 Å². The number of rotatable bonds is 7. The highest BCUT2D eigenvalue weighted by Gasteiger charge is 2.30. The van der Waals surface area contributed by atoms with Gasteiger partial charge in [-0.1, -0.05) is 10.3 Å². The second-order valence-corrected chi connectivity index (χ2v) is 7.51. The largest absolute Gasteiger partial charge is 0.490 e. The van der Waals surface area contributed by atoms with Gasteiger partial charge in [-0.05, 0) is 69.3 Å². The monoisotopic (exact) mass is 398 g/mol. The molecule has 9 heteroatoms. The highest BCUT2D eigenvalue weighted by molar-refractivity contribution is 5.72. The topological polar surface area (TPSA) is 115 Å². The summed E-state index contributed by atoms with van der Waals surface area (Å²) in [7, 11) is 1.76. The molecule has 3 rings (SSSR count). The van der Waals surface area contributed by atoms with Crippen molar-refractivity contribution in [2.45, 2.75) is 58.3 Å². The standard InChI is InChI=1S/C20H26N6O3/c1-13(2)28-20(27)15-5-4-6-17(11-15)29-16-9-7-14(8-10-16)19-18(12-22-24-21)26(3)25-23-19/h7-10,13,15,17H,4-6,11-12H2,1-3H3. The van der Waals surface area contributed by atoms with Crippen molar-refractivity contribution in [3.8, 4) is 17.0 Å². The van der Waals surface area contributed by atoms with Gasteiger partial charge >= 0.3 is 5.97 Å². The first-order valence-corrected chi connectivity index (χ1v) is 9.85. The summed E-state index contributed by atoms with van der Waals surface area (Å²) in [4.78, 5) is 15.0. The normalized spacial score (nSPS) is 18.9. The minimum absolute atomic E-state index is 0.00337. The van der Waals surface area contributed by atoms with Crippen LogP contribution in [0.5, 0.6) is 5.75 Å². The molecule has 0 aliphatic heterocycles. The summed E-state index contributed by atoms with van der Waals surface area (Å²) in [5.74, 6) is 0.522. The Kier molecular flexibility index (Phi) is 6.72. The van der Waals surface area contributed by atoms with E-state index < -0.39 is 0 Å². The first-order valence-electron chi connectivity index (χ1n) is 9.85. The van der Waals surface area contributed by atoms with Crippen molar-refractivity contribution in [2.24, 2.45) is 18.1 Å². The second-order valence-electron chi connectivity index (χ2n) is 7.51. The van der Waals surface area contributed by atoms with Crippen LogP contribution in [0.4, 0.5) is 0 Å². The van der Waals surface area contributed by atoms with Crippen molar-refractivity contribution >= 4 is 5.97 Å². The van der Waals surface area contributed by atoms with Crippen molar-refractivity contribution in [3.63, 3.8) is 0 Å². The average molecular weight is 398 g/mol. The maximum atomic E-state index is 12.2. The molecule has 0 bridgehead atoms. The molecule has 1 saturated carbocycles. The van der Waals surface area contributed by atoms with E-state index in [-0.39, 0.29) is 30.6 Å². The zero-order chi connectivity index (χ0) is 20.8. The minimum Gasteiger partial charge on any atom is -0.490 e. The zero-order valence-corrected chi connectivity index (χ0v) is 17.0. The SMILES string of the molecule is CC(C)OC(=O)C1CCCC(Oc2ccc(-c3nnn(C)c3CN=[N+]=[N-])cc2)C1. The van der Waals surface area contributed by atoms with Crippen LogP contribution >= 0.6 is 0 Å². The number of aryl methyl sites for hydroxylation is 1. The zero-order valence-electron chi connectivity index (χ0n) is 17.0. The van der Waals surface area contributed by atoms with Gasteiger partial charge in [0.15, 0.2) is 0 Å². The number of ether oxygens (including phenoxy) is 2. The van der Waals surface area contributed by atoms with Crippen molar-refractivity contribution in [1.82, 2.24) is 15.0 Å². The molecular weight excluding hydrogens is 372 g/mol. The number of aromatic nitrogens is 3. The van der Waals surface area contributed by atoms with Crippen molar-refractivity contribution in [1.29, 1.82) is 0 Å². The molecule has 2 atom stereocenters. The van der Waals surface area contributed by atoms with E-state index in [0.717, 1.165) is 36.3 Å². The number of azide groups is 1. The molecule has 0 spiro atoms. The van der Waals surface area contributed by atoms with Crippen LogP contribution in [-0.2, 0) is 23.1 Å². The Balaban J connectivity index is 1.65. The van der Waals surface area contributed by atoms with E-state index in [0.29, 0.717) is 12.1 Å². The van der Waals surface area contributed by atoms with E-state index in [1.54, 1.807) is 11.7 Å². The first-order chi connectivity index (χ1) is 14.0. The quantitative estimate of drug-likeness (QED) is 0.300. The molecule has 1 aromatic heterocycles. The summed E-state index contributed by atoms with van der Waals surface area (Å²) >= 11 is 0.